The molecule has 0 aliphatic rings. The maximum Gasteiger partial charge on any atom is 0.181 e. The molecule has 16 heavy (non-hydrogen) atoms. The maximum atomic E-state index is 4.09. The zero-order chi connectivity index (χ0) is 11.6. The third-order valence-corrected chi connectivity index (χ3v) is 3.23. The molecule has 0 amide bonds. The lowest BCUT2D eigenvalue weighted by molar-refractivity contribution is 0.611. The first-order valence-electron chi connectivity index (χ1n) is 6.19. The third-order valence-electron chi connectivity index (χ3n) is 2.61. The summed E-state index contributed by atoms with van der Waals surface area (Å²) in [6, 6.07) is 0. The number of unbranched alkanes of at least 4 members (excludes halogenated alkanes) is 6. The summed E-state index contributed by atoms with van der Waals surface area (Å²) in [7, 11) is 0. The Hall–Kier alpha value is -0.570. The van der Waals surface area contributed by atoms with Crippen molar-refractivity contribution in [1.29, 1.82) is 0 Å². The number of allylic oxidation sites excluding steroid dienone is 1. The van der Waals surface area contributed by atoms with Gasteiger partial charge in [-0.1, -0.05) is 45.1 Å². The number of rotatable bonds is 8. The number of aromatic nitrogens is 2. The van der Waals surface area contributed by atoms with E-state index >= 15 is 0 Å². The number of halogens is 1. The van der Waals surface area contributed by atoms with Crippen LogP contribution in [0.3, 0.4) is 0 Å². The van der Waals surface area contributed by atoms with E-state index in [1.165, 1.54) is 38.5 Å². The molecule has 0 saturated carbocycles. The molecule has 0 unspecified atom stereocenters. The molecule has 1 aromatic heterocycles. The standard InChI is InChI=1S/C13H21BrN2/c1-2-3-4-5-6-7-8-9-11-16-12-10-15-13(16)14/h9-12H,2-8H2,1H3. The van der Waals surface area contributed by atoms with E-state index in [1.54, 1.807) is 6.20 Å². The van der Waals surface area contributed by atoms with E-state index in [4.69, 9.17) is 0 Å². The molecule has 0 fully saturated rings. The Labute approximate surface area is 107 Å². The normalized spacial score (nSPS) is 11.4. The fourth-order valence-electron chi connectivity index (χ4n) is 1.64. The Morgan fingerprint density at radius 1 is 1.25 bits per heavy atom. The van der Waals surface area contributed by atoms with Crippen LogP contribution >= 0.6 is 15.9 Å². The summed E-state index contributed by atoms with van der Waals surface area (Å²) < 4.78 is 2.85. The van der Waals surface area contributed by atoms with Gasteiger partial charge in [-0.05, 0) is 28.8 Å². The molecule has 0 bridgehead atoms. The lowest BCUT2D eigenvalue weighted by atomic mass is 10.1. The SMILES string of the molecule is CCCCCCCCC=Cn1ccnc1Br. The van der Waals surface area contributed by atoms with E-state index in [0.717, 1.165) is 11.2 Å². The summed E-state index contributed by atoms with van der Waals surface area (Å²) in [5.74, 6) is 0. The number of imidazole rings is 1. The summed E-state index contributed by atoms with van der Waals surface area (Å²) in [4.78, 5) is 4.09. The van der Waals surface area contributed by atoms with E-state index in [-0.39, 0.29) is 0 Å². The van der Waals surface area contributed by atoms with Crippen LogP contribution in [0.1, 0.15) is 51.9 Å². The van der Waals surface area contributed by atoms with E-state index in [1.807, 2.05) is 10.8 Å². The van der Waals surface area contributed by atoms with Crippen molar-refractivity contribution in [1.82, 2.24) is 9.55 Å². The Bertz CT molecular complexity index is 305. The molecular formula is C13H21BrN2. The molecule has 0 aliphatic carbocycles. The van der Waals surface area contributed by atoms with E-state index < -0.39 is 0 Å². The molecule has 0 radical (unpaired) electrons. The maximum absolute atomic E-state index is 4.09. The first-order valence-corrected chi connectivity index (χ1v) is 6.99. The van der Waals surface area contributed by atoms with Crippen LogP contribution in [-0.4, -0.2) is 9.55 Å². The van der Waals surface area contributed by atoms with E-state index in [2.05, 4.69) is 40.1 Å². The van der Waals surface area contributed by atoms with E-state index in [9.17, 15) is 0 Å². The monoisotopic (exact) mass is 284 g/mol. The number of hydrogen-bond acceptors (Lipinski definition) is 1. The highest BCUT2D eigenvalue weighted by Gasteiger charge is 1.92. The molecule has 3 heteroatoms. The highest BCUT2D eigenvalue weighted by molar-refractivity contribution is 9.10. The van der Waals surface area contributed by atoms with Gasteiger partial charge in [-0.2, -0.15) is 0 Å². The second-order valence-electron chi connectivity index (χ2n) is 4.04. The lowest BCUT2D eigenvalue weighted by Crippen LogP contribution is -1.83. The Morgan fingerprint density at radius 2 is 2.00 bits per heavy atom. The fraction of sp³-hybridized carbons (Fsp3) is 0.615. The highest BCUT2D eigenvalue weighted by Crippen LogP contribution is 2.09. The van der Waals surface area contributed by atoms with Gasteiger partial charge in [-0.25, -0.2) is 4.98 Å². The molecular weight excluding hydrogens is 264 g/mol. The van der Waals surface area contributed by atoms with Crippen LogP contribution in [0, 0.1) is 0 Å². The molecule has 90 valence electrons. The van der Waals surface area contributed by atoms with Gasteiger partial charge in [0.05, 0.1) is 0 Å². The van der Waals surface area contributed by atoms with Gasteiger partial charge in [-0.3, -0.25) is 0 Å². The van der Waals surface area contributed by atoms with Crippen molar-refractivity contribution in [3.05, 3.63) is 23.2 Å². The largest absolute Gasteiger partial charge is 0.302 e. The summed E-state index contributed by atoms with van der Waals surface area (Å²) in [6.07, 6.45) is 17.3. The Kier molecular flexibility index (Phi) is 7.23. The summed E-state index contributed by atoms with van der Waals surface area (Å²) in [5, 5.41) is 0. The number of hydrogen-bond donors (Lipinski definition) is 0. The summed E-state index contributed by atoms with van der Waals surface area (Å²) in [6.45, 7) is 2.26. The van der Waals surface area contributed by atoms with Crippen LogP contribution in [0.25, 0.3) is 6.20 Å². The minimum absolute atomic E-state index is 0.867. The van der Waals surface area contributed by atoms with Gasteiger partial charge in [0.15, 0.2) is 4.73 Å². The summed E-state index contributed by atoms with van der Waals surface area (Å²) >= 11 is 3.38. The lowest BCUT2D eigenvalue weighted by Gasteiger charge is -1.98. The van der Waals surface area contributed by atoms with Crippen LogP contribution in [-0.2, 0) is 0 Å². The van der Waals surface area contributed by atoms with Crippen molar-refractivity contribution in [3.63, 3.8) is 0 Å². The smallest absolute Gasteiger partial charge is 0.181 e. The first-order chi connectivity index (χ1) is 7.84. The predicted molar refractivity (Wildman–Crippen MR) is 73.3 cm³/mol. The van der Waals surface area contributed by atoms with Gasteiger partial charge < -0.3 is 4.57 Å². The van der Waals surface area contributed by atoms with Crippen molar-refractivity contribution >= 4 is 22.1 Å². The van der Waals surface area contributed by atoms with Crippen LogP contribution in [0.4, 0.5) is 0 Å². The second-order valence-corrected chi connectivity index (χ2v) is 4.75. The molecule has 0 aliphatic heterocycles. The van der Waals surface area contributed by atoms with Crippen LogP contribution in [0.2, 0.25) is 0 Å². The third kappa shape index (κ3) is 5.50. The molecule has 0 atom stereocenters. The van der Waals surface area contributed by atoms with Gasteiger partial charge >= 0.3 is 0 Å². The minimum atomic E-state index is 0.867. The molecule has 1 heterocycles. The molecule has 0 N–H and O–H groups in total. The average Bonchev–Trinajstić information content (AvgIpc) is 2.68. The molecule has 1 rings (SSSR count). The van der Waals surface area contributed by atoms with Crippen LogP contribution in [0.15, 0.2) is 23.2 Å². The van der Waals surface area contributed by atoms with Crippen molar-refractivity contribution in [2.75, 3.05) is 0 Å². The van der Waals surface area contributed by atoms with Gasteiger partial charge in [0.1, 0.15) is 0 Å². The molecule has 0 spiro atoms. The zero-order valence-corrected chi connectivity index (χ0v) is 11.6. The summed E-state index contributed by atoms with van der Waals surface area (Å²) in [5.41, 5.74) is 0. The van der Waals surface area contributed by atoms with E-state index in [0.29, 0.717) is 0 Å². The molecule has 0 aromatic carbocycles. The fourth-order valence-corrected chi connectivity index (χ4v) is 1.99. The van der Waals surface area contributed by atoms with Crippen LogP contribution in [0.5, 0.6) is 0 Å². The van der Waals surface area contributed by atoms with Crippen molar-refractivity contribution in [2.24, 2.45) is 0 Å². The topological polar surface area (TPSA) is 17.8 Å². The Morgan fingerprint density at radius 3 is 2.69 bits per heavy atom. The van der Waals surface area contributed by atoms with Gasteiger partial charge in [-0.15, -0.1) is 0 Å². The Balaban J connectivity index is 2.03. The highest BCUT2D eigenvalue weighted by atomic mass is 79.9. The molecule has 2 nitrogen and oxygen atoms in total. The molecule has 0 saturated heterocycles. The predicted octanol–water partition coefficient (Wildman–Crippen LogP) is 4.87. The van der Waals surface area contributed by atoms with Crippen molar-refractivity contribution < 1.29 is 0 Å². The average molecular weight is 285 g/mol. The first kappa shape index (κ1) is 13.5. The zero-order valence-electron chi connectivity index (χ0n) is 10.0. The van der Waals surface area contributed by atoms with Crippen LogP contribution < -0.4 is 0 Å². The minimum Gasteiger partial charge on any atom is -0.302 e. The van der Waals surface area contributed by atoms with Gasteiger partial charge in [0.25, 0.3) is 0 Å². The van der Waals surface area contributed by atoms with Gasteiger partial charge in [0.2, 0.25) is 0 Å². The van der Waals surface area contributed by atoms with Crippen molar-refractivity contribution in [2.45, 2.75) is 51.9 Å². The van der Waals surface area contributed by atoms with Crippen molar-refractivity contribution in [3.8, 4) is 0 Å². The van der Waals surface area contributed by atoms with Gasteiger partial charge in [0, 0.05) is 18.6 Å². The quantitative estimate of drug-likeness (QED) is 0.623. The molecule has 1 aromatic rings. The second kappa shape index (κ2) is 8.57. The number of nitrogens with zero attached hydrogens (tertiary/aromatic N) is 2.